The fourth-order valence-corrected chi connectivity index (χ4v) is 6.88. The van der Waals surface area contributed by atoms with Crippen LogP contribution in [-0.2, 0) is 32.9 Å². The van der Waals surface area contributed by atoms with Crippen molar-refractivity contribution in [2.75, 3.05) is 23.1 Å². The molecule has 1 aliphatic heterocycles. The lowest BCUT2D eigenvalue weighted by atomic mass is 9.80. The third-order valence-corrected chi connectivity index (χ3v) is 9.16. The molecule has 1 fully saturated rings. The predicted molar refractivity (Wildman–Crippen MR) is 115 cm³/mol. The molecule has 4 rings (SSSR count). The molecule has 2 aromatic carbocycles. The minimum atomic E-state index is -3.83. The number of rotatable bonds is 5. The largest absolute Gasteiger partial charge is 0.388 e. The van der Waals surface area contributed by atoms with E-state index in [9.17, 15) is 21.9 Å². The maximum Gasteiger partial charge on any atom is 0.240 e. The molecule has 30 heavy (non-hydrogen) atoms. The first-order valence-corrected chi connectivity index (χ1v) is 13.2. The standard InChI is InChI=1S/C21H26N2O5S2/c24-21(12-11-17-5-1-2-6-18(17)15-21)16-22-30(27,28)20-9-7-19(8-10-20)23-13-3-4-14-29(23,25)26/h1-2,5-10,22,24H,3-4,11-16H2/t21-/m1/s1. The minimum Gasteiger partial charge on any atom is -0.388 e. The lowest BCUT2D eigenvalue weighted by Crippen LogP contribution is -2.46. The van der Waals surface area contributed by atoms with E-state index in [0.717, 1.165) is 12.0 Å². The Bertz CT molecular complexity index is 1130. The van der Waals surface area contributed by atoms with Gasteiger partial charge in [0.15, 0.2) is 0 Å². The molecule has 0 spiro atoms. The molecule has 0 aromatic heterocycles. The summed E-state index contributed by atoms with van der Waals surface area (Å²) in [4.78, 5) is 0.0421. The summed E-state index contributed by atoms with van der Waals surface area (Å²) < 4.78 is 53.8. The van der Waals surface area contributed by atoms with Crippen molar-refractivity contribution < 1.29 is 21.9 Å². The highest BCUT2D eigenvalue weighted by Crippen LogP contribution is 2.29. The van der Waals surface area contributed by atoms with Crippen LogP contribution in [0.2, 0.25) is 0 Å². The Hall–Kier alpha value is -1.94. The van der Waals surface area contributed by atoms with Gasteiger partial charge in [0.25, 0.3) is 0 Å². The summed E-state index contributed by atoms with van der Waals surface area (Å²) in [5, 5.41) is 10.9. The smallest absolute Gasteiger partial charge is 0.240 e. The number of nitrogens with zero attached hydrogens (tertiary/aromatic N) is 1. The van der Waals surface area contributed by atoms with Crippen molar-refractivity contribution in [2.24, 2.45) is 0 Å². The normalized spacial score (nSPS) is 23.7. The molecule has 2 aliphatic rings. The van der Waals surface area contributed by atoms with Crippen LogP contribution in [0.3, 0.4) is 0 Å². The molecule has 2 N–H and O–H groups in total. The molecule has 1 heterocycles. The van der Waals surface area contributed by atoms with Crippen LogP contribution in [0.4, 0.5) is 5.69 Å². The fraction of sp³-hybridized carbons (Fsp3) is 0.429. The van der Waals surface area contributed by atoms with Gasteiger partial charge in [0.1, 0.15) is 0 Å². The molecule has 1 atom stereocenters. The molecule has 1 aliphatic carbocycles. The summed E-state index contributed by atoms with van der Waals surface area (Å²) in [5.41, 5.74) is 1.56. The summed E-state index contributed by atoms with van der Waals surface area (Å²) in [7, 11) is -7.18. The Balaban J connectivity index is 1.45. The summed E-state index contributed by atoms with van der Waals surface area (Å²) in [6.07, 6.45) is 3.01. The Morgan fingerprint density at radius 2 is 1.73 bits per heavy atom. The van der Waals surface area contributed by atoms with Crippen molar-refractivity contribution in [1.29, 1.82) is 0 Å². The van der Waals surface area contributed by atoms with Crippen molar-refractivity contribution in [1.82, 2.24) is 4.72 Å². The van der Waals surface area contributed by atoms with Gasteiger partial charge in [0, 0.05) is 19.5 Å². The van der Waals surface area contributed by atoms with Crippen LogP contribution >= 0.6 is 0 Å². The van der Waals surface area contributed by atoms with Gasteiger partial charge in [0.2, 0.25) is 20.0 Å². The van der Waals surface area contributed by atoms with E-state index in [1.54, 1.807) is 0 Å². The van der Waals surface area contributed by atoms with Crippen LogP contribution in [0.25, 0.3) is 0 Å². The van der Waals surface area contributed by atoms with Gasteiger partial charge in [-0.15, -0.1) is 0 Å². The number of sulfonamides is 2. The molecule has 2 aromatic rings. The summed E-state index contributed by atoms with van der Waals surface area (Å²) in [5.74, 6) is 0.107. The van der Waals surface area contributed by atoms with E-state index in [2.05, 4.69) is 4.72 Å². The molecule has 1 saturated heterocycles. The van der Waals surface area contributed by atoms with E-state index < -0.39 is 25.6 Å². The second kappa shape index (κ2) is 7.96. The third-order valence-electron chi connectivity index (χ3n) is 5.87. The highest BCUT2D eigenvalue weighted by atomic mass is 32.2. The molecule has 0 amide bonds. The van der Waals surface area contributed by atoms with E-state index in [-0.39, 0.29) is 17.2 Å². The zero-order chi connectivity index (χ0) is 21.4. The van der Waals surface area contributed by atoms with Gasteiger partial charge in [0.05, 0.1) is 21.9 Å². The van der Waals surface area contributed by atoms with Crippen LogP contribution in [0.5, 0.6) is 0 Å². The van der Waals surface area contributed by atoms with Gasteiger partial charge in [-0.2, -0.15) is 0 Å². The second-order valence-corrected chi connectivity index (χ2v) is 11.9. The SMILES string of the molecule is O=S(=O)(NC[C@@]1(O)CCc2ccccc2C1)c1ccc(N2CCCCS2(=O)=O)cc1. The number of benzene rings is 2. The minimum absolute atomic E-state index is 0.0421. The summed E-state index contributed by atoms with van der Waals surface area (Å²) in [6.45, 7) is 0.326. The van der Waals surface area contributed by atoms with Crippen LogP contribution in [-0.4, -0.2) is 46.4 Å². The van der Waals surface area contributed by atoms with Gasteiger partial charge in [-0.25, -0.2) is 21.6 Å². The molecule has 0 unspecified atom stereocenters. The number of anilines is 1. The molecule has 7 nitrogen and oxygen atoms in total. The first kappa shape index (κ1) is 21.3. The number of nitrogens with one attached hydrogen (secondary N) is 1. The predicted octanol–water partition coefficient (Wildman–Crippen LogP) is 1.81. The van der Waals surface area contributed by atoms with Crippen LogP contribution < -0.4 is 9.03 Å². The fourth-order valence-electron chi connectivity index (χ4n) is 4.12. The monoisotopic (exact) mass is 450 g/mol. The number of aliphatic hydroxyl groups is 1. The first-order valence-electron chi connectivity index (χ1n) is 10.1. The molecule has 0 saturated carbocycles. The molecule has 162 valence electrons. The Morgan fingerprint density at radius 1 is 1.03 bits per heavy atom. The second-order valence-electron chi connectivity index (χ2n) is 8.08. The molecule has 0 bridgehead atoms. The van der Waals surface area contributed by atoms with Crippen LogP contribution in [0.1, 0.15) is 30.4 Å². The number of aryl methyl sites for hydroxylation is 1. The molecular formula is C21H26N2O5S2. The lowest BCUT2D eigenvalue weighted by molar-refractivity contribution is 0.0317. The molecule has 0 radical (unpaired) electrons. The maximum absolute atomic E-state index is 12.7. The van der Waals surface area contributed by atoms with Gasteiger partial charge >= 0.3 is 0 Å². The van der Waals surface area contributed by atoms with E-state index in [0.29, 0.717) is 37.9 Å². The summed E-state index contributed by atoms with van der Waals surface area (Å²) in [6, 6.07) is 13.7. The zero-order valence-electron chi connectivity index (χ0n) is 16.6. The van der Waals surface area contributed by atoms with Crippen molar-refractivity contribution in [3.63, 3.8) is 0 Å². The van der Waals surface area contributed by atoms with E-state index in [1.165, 1.54) is 34.1 Å². The van der Waals surface area contributed by atoms with E-state index in [1.807, 2.05) is 24.3 Å². The van der Waals surface area contributed by atoms with E-state index >= 15 is 0 Å². The highest BCUT2D eigenvalue weighted by molar-refractivity contribution is 7.92. The maximum atomic E-state index is 12.7. The zero-order valence-corrected chi connectivity index (χ0v) is 18.3. The molecule has 9 heteroatoms. The number of fused-ring (bicyclic) bond motifs is 1. The average molecular weight is 451 g/mol. The molecular weight excluding hydrogens is 424 g/mol. The van der Waals surface area contributed by atoms with Crippen molar-refractivity contribution in [2.45, 2.75) is 42.6 Å². The van der Waals surface area contributed by atoms with Gasteiger partial charge in [-0.05, 0) is 61.1 Å². The Labute approximate surface area is 177 Å². The first-order chi connectivity index (χ1) is 14.2. The Morgan fingerprint density at radius 3 is 2.43 bits per heavy atom. The Kier molecular flexibility index (Phi) is 5.65. The van der Waals surface area contributed by atoms with Crippen LogP contribution in [0.15, 0.2) is 53.4 Å². The van der Waals surface area contributed by atoms with Gasteiger partial charge < -0.3 is 5.11 Å². The number of hydrogen-bond donors (Lipinski definition) is 2. The lowest BCUT2D eigenvalue weighted by Gasteiger charge is -2.33. The van der Waals surface area contributed by atoms with Gasteiger partial charge in [-0.3, -0.25) is 4.31 Å². The van der Waals surface area contributed by atoms with E-state index in [4.69, 9.17) is 0 Å². The van der Waals surface area contributed by atoms with Crippen molar-refractivity contribution in [3.8, 4) is 0 Å². The van der Waals surface area contributed by atoms with Crippen molar-refractivity contribution >= 4 is 25.7 Å². The summed E-state index contributed by atoms with van der Waals surface area (Å²) >= 11 is 0. The highest BCUT2D eigenvalue weighted by Gasteiger charge is 2.33. The van der Waals surface area contributed by atoms with Crippen molar-refractivity contribution in [3.05, 3.63) is 59.7 Å². The average Bonchev–Trinajstić information content (AvgIpc) is 2.72. The van der Waals surface area contributed by atoms with Gasteiger partial charge in [-0.1, -0.05) is 24.3 Å². The quantitative estimate of drug-likeness (QED) is 0.723. The van der Waals surface area contributed by atoms with Crippen LogP contribution in [0, 0.1) is 0 Å². The topological polar surface area (TPSA) is 104 Å². The number of hydrogen-bond acceptors (Lipinski definition) is 5. The third kappa shape index (κ3) is 4.39.